The summed E-state index contributed by atoms with van der Waals surface area (Å²) in [5.41, 5.74) is 3.63. The molecule has 1 aromatic heterocycles. The molecule has 0 saturated heterocycles. The summed E-state index contributed by atoms with van der Waals surface area (Å²) in [6.07, 6.45) is 5.23. The average molecular weight is 516 g/mol. The number of pyridine rings is 1. The second-order valence-corrected chi connectivity index (χ2v) is 10.1. The van der Waals surface area contributed by atoms with Gasteiger partial charge in [-0.3, -0.25) is 4.79 Å². The number of aryl methyl sites for hydroxylation is 2. The Morgan fingerprint density at radius 1 is 1.11 bits per heavy atom. The zero-order chi connectivity index (χ0) is 25.6. The third kappa shape index (κ3) is 7.46. The van der Waals surface area contributed by atoms with Gasteiger partial charge in [0.05, 0.1) is 13.4 Å². The van der Waals surface area contributed by atoms with Gasteiger partial charge in [0, 0.05) is 17.9 Å². The summed E-state index contributed by atoms with van der Waals surface area (Å²) in [7, 11) is -2.04. The molecule has 0 unspecified atom stereocenters. The Balaban J connectivity index is 1.78. The van der Waals surface area contributed by atoms with Gasteiger partial charge in [-0.05, 0) is 66.4 Å². The van der Waals surface area contributed by atoms with Crippen LogP contribution in [0.5, 0.6) is 5.75 Å². The van der Waals surface area contributed by atoms with Crippen molar-refractivity contribution in [1.82, 2.24) is 9.29 Å². The quantitative estimate of drug-likeness (QED) is 0.465. The molecule has 0 aliphatic carbocycles. The zero-order valence-corrected chi connectivity index (χ0v) is 21.1. The zero-order valence-electron chi connectivity index (χ0n) is 19.5. The van der Waals surface area contributed by atoms with Gasteiger partial charge in [-0.25, -0.2) is 17.9 Å². The summed E-state index contributed by atoms with van der Waals surface area (Å²) in [6.45, 7) is 2.29. The third-order valence-corrected chi connectivity index (χ3v) is 5.96. The number of methoxy groups -OCH3 is 1. The summed E-state index contributed by atoms with van der Waals surface area (Å²) in [6, 6.07) is 15.3. The number of anilines is 1. The van der Waals surface area contributed by atoms with Crippen molar-refractivity contribution in [3.05, 3.63) is 92.4 Å². The van der Waals surface area contributed by atoms with E-state index in [1.165, 1.54) is 0 Å². The Morgan fingerprint density at radius 3 is 2.49 bits per heavy atom. The van der Waals surface area contributed by atoms with Crippen LogP contribution in [0.2, 0.25) is 5.02 Å². The highest BCUT2D eigenvalue weighted by molar-refractivity contribution is 7.89. The van der Waals surface area contributed by atoms with E-state index in [2.05, 4.69) is 5.32 Å². The predicted octanol–water partition coefficient (Wildman–Crippen LogP) is 4.31. The van der Waals surface area contributed by atoms with Gasteiger partial charge in [0.25, 0.3) is 5.56 Å². The fraction of sp³-hybridized carbons (Fsp3) is 0.200. The van der Waals surface area contributed by atoms with E-state index in [1.807, 2.05) is 48.1 Å². The van der Waals surface area contributed by atoms with E-state index in [0.717, 1.165) is 34.4 Å². The number of ether oxygens (including phenoxy) is 1. The number of urea groups is 1. The fourth-order valence-electron chi connectivity index (χ4n) is 3.46. The second-order valence-electron chi connectivity index (χ2n) is 7.90. The first-order valence-corrected chi connectivity index (χ1v) is 12.9. The fourth-order valence-corrected chi connectivity index (χ4v) is 4.11. The number of nitrogens with zero attached hydrogens (tertiary/aromatic N) is 1. The summed E-state index contributed by atoms with van der Waals surface area (Å²) in [5.74, 6) is 0.740. The normalized spacial score (nSPS) is 11.4. The van der Waals surface area contributed by atoms with E-state index >= 15 is 0 Å². The van der Waals surface area contributed by atoms with E-state index in [1.54, 1.807) is 42.0 Å². The first kappa shape index (κ1) is 26.1. The maximum absolute atomic E-state index is 12.8. The number of rotatable bonds is 8. The molecule has 0 aliphatic heterocycles. The van der Waals surface area contributed by atoms with E-state index in [9.17, 15) is 18.0 Å². The van der Waals surface area contributed by atoms with Gasteiger partial charge in [0.2, 0.25) is 10.0 Å². The van der Waals surface area contributed by atoms with Crippen LogP contribution in [-0.4, -0.2) is 32.4 Å². The molecule has 0 aliphatic rings. The Hall–Kier alpha value is -3.56. The highest BCUT2D eigenvalue weighted by Gasteiger charge is 2.11. The summed E-state index contributed by atoms with van der Waals surface area (Å²) < 4.78 is 31.0. The average Bonchev–Trinajstić information content (AvgIpc) is 2.79. The van der Waals surface area contributed by atoms with Crippen LogP contribution in [0.15, 0.2) is 59.4 Å². The molecule has 2 N–H and O–H groups in total. The van der Waals surface area contributed by atoms with Crippen LogP contribution < -0.4 is 20.3 Å². The van der Waals surface area contributed by atoms with E-state index < -0.39 is 16.1 Å². The van der Waals surface area contributed by atoms with Gasteiger partial charge in [-0.1, -0.05) is 41.9 Å². The van der Waals surface area contributed by atoms with Crippen molar-refractivity contribution >= 4 is 45.5 Å². The van der Waals surface area contributed by atoms with Crippen molar-refractivity contribution in [3.8, 4) is 5.75 Å². The molecule has 2 aromatic carbocycles. The van der Waals surface area contributed by atoms with Crippen LogP contribution in [0.3, 0.4) is 0 Å². The second kappa shape index (κ2) is 11.2. The topological polar surface area (TPSA) is 106 Å². The van der Waals surface area contributed by atoms with Crippen LogP contribution in [0.1, 0.15) is 22.4 Å². The molecule has 1 heterocycles. The lowest BCUT2D eigenvalue weighted by Crippen LogP contribution is -2.33. The van der Waals surface area contributed by atoms with Crippen LogP contribution >= 0.6 is 11.6 Å². The van der Waals surface area contributed by atoms with Crippen molar-refractivity contribution in [2.45, 2.75) is 19.9 Å². The molecule has 0 atom stereocenters. The largest absolute Gasteiger partial charge is 0.497 e. The molecule has 2 amide bonds. The Bertz CT molecular complexity index is 1410. The Labute approximate surface area is 209 Å². The van der Waals surface area contributed by atoms with Gasteiger partial charge in [-0.2, -0.15) is 0 Å². The molecule has 184 valence electrons. The minimum absolute atomic E-state index is 0.150. The monoisotopic (exact) mass is 515 g/mol. The van der Waals surface area contributed by atoms with Gasteiger partial charge < -0.3 is 14.6 Å². The number of sulfonamides is 1. The molecular formula is C25H26ClN3O5S. The number of amides is 2. The molecule has 0 radical (unpaired) electrons. The number of benzene rings is 2. The SMILES string of the molecule is COc1cccc(/C=C/c2c(C)cc(Cl)c(=O)n2CCc2ccc(NC(=O)NS(C)(=O)=O)cc2)c1. The number of hydrogen-bond acceptors (Lipinski definition) is 5. The summed E-state index contributed by atoms with van der Waals surface area (Å²) in [4.78, 5) is 24.5. The van der Waals surface area contributed by atoms with Crippen molar-refractivity contribution < 1.29 is 17.9 Å². The Morgan fingerprint density at radius 2 is 1.83 bits per heavy atom. The standard InChI is InChI=1S/C25H26ClN3O5S/c1-17-15-22(26)24(30)29(23(17)12-9-19-5-4-6-21(16-19)34-2)14-13-18-7-10-20(11-8-18)27-25(31)28-35(3,32)33/h4-12,15-16H,13-14H2,1-3H3,(H2,27,28,31)/b12-9+. The predicted molar refractivity (Wildman–Crippen MR) is 140 cm³/mol. The Kier molecular flexibility index (Phi) is 8.37. The van der Waals surface area contributed by atoms with Crippen molar-refractivity contribution in [1.29, 1.82) is 0 Å². The van der Waals surface area contributed by atoms with Crippen molar-refractivity contribution in [3.63, 3.8) is 0 Å². The van der Waals surface area contributed by atoms with Gasteiger partial charge in [-0.15, -0.1) is 0 Å². The van der Waals surface area contributed by atoms with E-state index in [4.69, 9.17) is 16.3 Å². The lowest BCUT2D eigenvalue weighted by Gasteiger charge is -2.14. The maximum Gasteiger partial charge on any atom is 0.332 e. The first-order valence-electron chi connectivity index (χ1n) is 10.7. The summed E-state index contributed by atoms with van der Waals surface area (Å²) >= 11 is 6.18. The minimum atomic E-state index is -3.65. The minimum Gasteiger partial charge on any atom is -0.497 e. The van der Waals surface area contributed by atoms with Gasteiger partial charge in [0.15, 0.2) is 0 Å². The van der Waals surface area contributed by atoms with Crippen molar-refractivity contribution in [2.24, 2.45) is 0 Å². The first-order chi connectivity index (χ1) is 16.6. The molecular weight excluding hydrogens is 490 g/mol. The van der Waals surface area contributed by atoms with E-state index in [-0.39, 0.29) is 10.6 Å². The van der Waals surface area contributed by atoms with Gasteiger partial charge >= 0.3 is 6.03 Å². The van der Waals surface area contributed by atoms with Crippen LogP contribution in [0.25, 0.3) is 12.2 Å². The molecule has 0 bridgehead atoms. The van der Waals surface area contributed by atoms with Crippen LogP contribution in [0.4, 0.5) is 10.5 Å². The number of carbonyl (C=O) groups is 1. The number of carbonyl (C=O) groups excluding carboxylic acids is 1. The van der Waals surface area contributed by atoms with E-state index in [0.29, 0.717) is 18.7 Å². The molecule has 3 aromatic rings. The smallest absolute Gasteiger partial charge is 0.332 e. The maximum atomic E-state index is 12.8. The molecule has 3 rings (SSSR count). The molecule has 8 nitrogen and oxygen atoms in total. The molecule has 0 fully saturated rings. The lowest BCUT2D eigenvalue weighted by molar-refractivity contribution is 0.256. The molecule has 10 heteroatoms. The highest BCUT2D eigenvalue weighted by Crippen LogP contribution is 2.19. The van der Waals surface area contributed by atoms with Gasteiger partial charge in [0.1, 0.15) is 10.8 Å². The third-order valence-electron chi connectivity index (χ3n) is 5.13. The molecule has 35 heavy (non-hydrogen) atoms. The number of hydrogen-bond donors (Lipinski definition) is 2. The number of aromatic nitrogens is 1. The van der Waals surface area contributed by atoms with Crippen LogP contribution in [0, 0.1) is 6.92 Å². The lowest BCUT2D eigenvalue weighted by atomic mass is 10.1. The van der Waals surface area contributed by atoms with Crippen LogP contribution in [-0.2, 0) is 23.0 Å². The highest BCUT2D eigenvalue weighted by atomic mass is 35.5. The number of halogens is 1. The number of nitrogens with one attached hydrogen (secondary N) is 2. The summed E-state index contributed by atoms with van der Waals surface area (Å²) in [5, 5.41) is 2.60. The van der Waals surface area contributed by atoms with Crippen molar-refractivity contribution in [2.75, 3.05) is 18.7 Å². The molecule has 0 spiro atoms. The molecule has 0 saturated carbocycles.